The molecule has 0 aliphatic heterocycles. The van der Waals surface area contributed by atoms with E-state index in [1.807, 2.05) is 31.3 Å². The third-order valence-electron chi connectivity index (χ3n) is 2.07. The van der Waals surface area contributed by atoms with E-state index >= 15 is 0 Å². The summed E-state index contributed by atoms with van der Waals surface area (Å²) in [5, 5.41) is 4.33. The number of nitrogens with zero attached hydrogens (tertiary/aromatic N) is 2. The molecule has 0 amide bonds. The molecule has 1 aromatic carbocycles. The first-order valence-corrected chi connectivity index (χ1v) is 5.31. The van der Waals surface area contributed by atoms with Gasteiger partial charge in [-0.15, -0.1) is 0 Å². The first-order chi connectivity index (χ1) is 6.68. The first-order valence-electron chi connectivity index (χ1n) is 4.23. The number of halogens is 1. The third kappa shape index (κ3) is 1.61. The molecule has 0 aliphatic carbocycles. The Labute approximate surface area is 96.1 Å². The summed E-state index contributed by atoms with van der Waals surface area (Å²) in [6, 6.07) is 10.0. The van der Waals surface area contributed by atoms with E-state index in [9.17, 15) is 0 Å². The van der Waals surface area contributed by atoms with E-state index in [1.54, 1.807) is 4.68 Å². The summed E-state index contributed by atoms with van der Waals surface area (Å²) in [5.74, 6) is 0.680. The van der Waals surface area contributed by atoms with E-state index in [0.717, 1.165) is 11.3 Å². The van der Waals surface area contributed by atoms with Crippen molar-refractivity contribution in [3.8, 4) is 11.3 Å². The maximum Gasteiger partial charge on any atom is 0.121 e. The van der Waals surface area contributed by atoms with E-state index in [2.05, 4.69) is 33.8 Å². The number of nitrogen functional groups attached to an aromatic ring is 1. The molecule has 0 atom stereocenters. The zero-order valence-corrected chi connectivity index (χ0v) is 9.89. The van der Waals surface area contributed by atoms with Crippen LogP contribution in [0.1, 0.15) is 0 Å². The van der Waals surface area contributed by atoms with Gasteiger partial charge in [0.15, 0.2) is 0 Å². The Morgan fingerprint density at radius 2 is 2.07 bits per heavy atom. The zero-order valence-electron chi connectivity index (χ0n) is 7.74. The van der Waals surface area contributed by atoms with Crippen molar-refractivity contribution in [3.63, 3.8) is 0 Å². The molecule has 1 aromatic heterocycles. The van der Waals surface area contributed by atoms with Crippen LogP contribution < -0.4 is 5.73 Å². The van der Waals surface area contributed by atoms with Crippen molar-refractivity contribution in [2.75, 3.05) is 5.73 Å². The molecular formula is C10H10IN3. The van der Waals surface area contributed by atoms with Crippen molar-refractivity contribution >= 4 is 28.4 Å². The van der Waals surface area contributed by atoms with E-state index in [4.69, 9.17) is 5.73 Å². The second kappa shape index (κ2) is 3.61. The second-order valence-corrected chi connectivity index (χ2v) is 4.22. The number of nitrogens with two attached hydrogens (primary N) is 1. The fourth-order valence-electron chi connectivity index (χ4n) is 1.28. The molecule has 1 heterocycles. The van der Waals surface area contributed by atoms with E-state index in [0.29, 0.717) is 5.82 Å². The van der Waals surface area contributed by atoms with Crippen molar-refractivity contribution < 1.29 is 0 Å². The topological polar surface area (TPSA) is 43.8 Å². The number of aromatic nitrogens is 2. The van der Waals surface area contributed by atoms with Gasteiger partial charge in [-0.2, -0.15) is 5.10 Å². The Morgan fingerprint density at radius 1 is 1.36 bits per heavy atom. The smallest absolute Gasteiger partial charge is 0.121 e. The molecule has 2 aromatic rings. The zero-order chi connectivity index (χ0) is 10.1. The summed E-state index contributed by atoms with van der Waals surface area (Å²) in [7, 11) is 1.84. The van der Waals surface area contributed by atoms with E-state index in [-0.39, 0.29) is 0 Å². The van der Waals surface area contributed by atoms with Crippen LogP contribution in [0.15, 0.2) is 30.3 Å². The van der Waals surface area contributed by atoms with Crippen LogP contribution in [0, 0.1) is 3.57 Å². The van der Waals surface area contributed by atoms with Crippen LogP contribution >= 0.6 is 22.6 Å². The van der Waals surface area contributed by atoms with E-state index < -0.39 is 0 Å². The number of benzene rings is 1. The highest BCUT2D eigenvalue weighted by Gasteiger charge is 2.06. The first kappa shape index (κ1) is 9.51. The summed E-state index contributed by atoms with van der Waals surface area (Å²) < 4.78 is 2.86. The van der Waals surface area contributed by atoms with Crippen molar-refractivity contribution in [2.45, 2.75) is 0 Å². The monoisotopic (exact) mass is 299 g/mol. The highest BCUT2D eigenvalue weighted by molar-refractivity contribution is 14.1. The predicted octanol–water partition coefficient (Wildman–Crippen LogP) is 2.27. The normalized spacial score (nSPS) is 10.4. The molecule has 0 radical (unpaired) electrons. The lowest BCUT2D eigenvalue weighted by molar-refractivity contribution is 0.782. The Hall–Kier alpha value is -1.04. The van der Waals surface area contributed by atoms with Gasteiger partial charge in [0.05, 0.1) is 5.69 Å². The molecule has 0 saturated carbocycles. The molecule has 0 aliphatic rings. The van der Waals surface area contributed by atoms with E-state index in [1.165, 1.54) is 3.57 Å². The van der Waals surface area contributed by atoms with Crippen molar-refractivity contribution in [2.24, 2.45) is 7.05 Å². The Morgan fingerprint density at radius 3 is 2.64 bits per heavy atom. The third-order valence-corrected chi connectivity index (χ3v) is 3.01. The summed E-state index contributed by atoms with van der Waals surface area (Å²) in [6.45, 7) is 0. The summed E-state index contributed by atoms with van der Waals surface area (Å²) in [6.07, 6.45) is 0. The lowest BCUT2D eigenvalue weighted by Gasteiger charge is -1.98. The molecule has 72 valence electrons. The van der Waals surface area contributed by atoms with Gasteiger partial charge in [-0.05, 0) is 28.7 Å². The van der Waals surface area contributed by atoms with Crippen LogP contribution in [0.3, 0.4) is 0 Å². The van der Waals surface area contributed by atoms with Gasteiger partial charge in [0.2, 0.25) is 0 Å². The fraction of sp³-hybridized carbons (Fsp3) is 0.100. The minimum Gasteiger partial charge on any atom is -0.384 e. The SMILES string of the molecule is Cn1nc(-c2ccccc2I)cc1N. The number of hydrogen-bond donors (Lipinski definition) is 1. The Bertz CT molecular complexity index is 443. The fourth-order valence-corrected chi connectivity index (χ4v) is 1.95. The molecule has 4 heteroatoms. The van der Waals surface area contributed by atoms with Crippen LogP contribution in [0.5, 0.6) is 0 Å². The van der Waals surface area contributed by atoms with Gasteiger partial charge >= 0.3 is 0 Å². The number of anilines is 1. The van der Waals surface area contributed by atoms with Crippen molar-refractivity contribution in [1.29, 1.82) is 0 Å². The van der Waals surface area contributed by atoms with Gasteiger partial charge in [0.25, 0.3) is 0 Å². The molecule has 0 bridgehead atoms. The maximum atomic E-state index is 5.73. The van der Waals surface area contributed by atoms with Gasteiger partial charge in [-0.3, -0.25) is 4.68 Å². The molecule has 0 unspecified atom stereocenters. The summed E-state index contributed by atoms with van der Waals surface area (Å²) in [4.78, 5) is 0. The molecule has 14 heavy (non-hydrogen) atoms. The molecule has 0 fully saturated rings. The molecule has 0 saturated heterocycles. The minimum absolute atomic E-state index is 0.680. The second-order valence-electron chi connectivity index (χ2n) is 3.06. The van der Waals surface area contributed by atoms with Gasteiger partial charge in [-0.1, -0.05) is 18.2 Å². The maximum absolute atomic E-state index is 5.73. The standard InChI is InChI=1S/C10H10IN3/c1-14-10(12)6-9(13-14)7-4-2-3-5-8(7)11/h2-6H,12H2,1H3. The van der Waals surface area contributed by atoms with Crippen LogP contribution in [0.25, 0.3) is 11.3 Å². The molecule has 0 spiro atoms. The number of rotatable bonds is 1. The van der Waals surface area contributed by atoms with Crippen LogP contribution in [0.2, 0.25) is 0 Å². The van der Waals surface area contributed by atoms with Crippen molar-refractivity contribution in [3.05, 3.63) is 33.9 Å². The van der Waals surface area contributed by atoms with Crippen LogP contribution in [-0.2, 0) is 7.05 Å². The Kier molecular flexibility index (Phi) is 2.45. The quantitative estimate of drug-likeness (QED) is 0.821. The molecule has 2 N–H and O–H groups in total. The lowest BCUT2D eigenvalue weighted by Crippen LogP contribution is -1.96. The van der Waals surface area contributed by atoms with Crippen LogP contribution in [0.4, 0.5) is 5.82 Å². The van der Waals surface area contributed by atoms with Gasteiger partial charge in [0.1, 0.15) is 5.82 Å². The predicted molar refractivity (Wildman–Crippen MR) is 65.8 cm³/mol. The largest absolute Gasteiger partial charge is 0.384 e. The van der Waals surface area contributed by atoms with Gasteiger partial charge in [0, 0.05) is 22.2 Å². The molecule has 2 rings (SSSR count). The minimum atomic E-state index is 0.680. The summed E-state index contributed by atoms with van der Waals surface area (Å²) >= 11 is 2.29. The molecular weight excluding hydrogens is 289 g/mol. The van der Waals surface area contributed by atoms with Crippen LogP contribution in [-0.4, -0.2) is 9.78 Å². The summed E-state index contributed by atoms with van der Waals surface area (Å²) in [5.41, 5.74) is 7.78. The van der Waals surface area contributed by atoms with Crippen molar-refractivity contribution in [1.82, 2.24) is 9.78 Å². The average molecular weight is 299 g/mol. The Balaban J connectivity index is 2.55. The van der Waals surface area contributed by atoms with Gasteiger partial charge in [-0.25, -0.2) is 0 Å². The average Bonchev–Trinajstić information content (AvgIpc) is 2.48. The highest BCUT2D eigenvalue weighted by Crippen LogP contribution is 2.24. The highest BCUT2D eigenvalue weighted by atomic mass is 127. The number of hydrogen-bond acceptors (Lipinski definition) is 2. The molecule has 3 nitrogen and oxygen atoms in total. The lowest BCUT2D eigenvalue weighted by atomic mass is 10.2. The van der Waals surface area contributed by atoms with Gasteiger partial charge < -0.3 is 5.73 Å². The number of aryl methyl sites for hydroxylation is 1.